The number of phenols is 1. The maximum Gasteiger partial charge on any atom is 0.374 e. The van der Waals surface area contributed by atoms with Crippen molar-refractivity contribution in [2.45, 2.75) is 13.8 Å². The molecular weight excluding hydrogens is 139 g/mol. The minimum absolute atomic E-state index is 0.204. The fourth-order valence-corrected chi connectivity index (χ4v) is 0.525. The summed E-state index contributed by atoms with van der Waals surface area (Å²) in [4.78, 5) is 0. The normalized spacial score (nSPS) is 7.82. The van der Waals surface area contributed by atoms with Crippen molar-refractivity contribution in [1.29, 1.82) is 0 Å². The third-order valence-corrected chi connectivity index (χ3v) is 0.973. The Kier molecular flexibility index (Phi) is 5.08. The molecule has 0 spiro atoms. The van der Waals surface area contributed by atoms with Gasteiger partial charge in [0.15, 0.2) is 0 Å². The molecule has 11 heavy (non-hydrogen) atoms. The first-order valence-corrected chi connectivity index (χ1v) is 3.48. The highest BCUT2D eigenvalue weighted by molar-refractivity contribution is 5.99. The van der Waals surface area contributed by atoms with Crippen molar-refractivity contribution in [3.05, 3.63) is 24.3 Å². The van der Waals surface area contributed by atoms with Crippen molar-refractivity contribution in [2.24, 2.45) is 0 Å². The number of aromatic hydroxyl groups is 1. The van der Waals surface area contributed by atoms with E-state index in [9.17, 15) is 0 Å². The van der Waals surface area contributed by atoms with Gasteiger partial charge in [0, 0.05) is 0 Å². The highest BCUT2D eigenvalue weighted by Crippen LogP contribution is 2.14. The maximum atomic E-state index is 8.76. The van der Waals surface area contributed by atoms with Gasteiger partial charge in [0.2, 0.25) is 0 Å². The van der Waals surface area contributed by atoms with Gasteiger partial charge in [0.05, 0.1) is 5.75 Å². The van der Waals surface area contributed by atoms with E-state index in [4.69, 9.17) is 13.2 Å². The molecule has 0 aliphatic carbocycles. The molecule has 2 nitrogen and oxygen atoms in total. The third kappa shape index (κ3) is 3.55. The Morgan fingerprint density at radius 1 is 1.18 bits per heavy atom. The van der Waals surface area contributed by atoms with E-state index >= 15 is 0 Å². The minimum atomic E-state index is 0.204. The molecule has 1 rings (SSSR count). The average molecular weight is 150 g/mol. The predicted molar refractivity (Wildman–Crippen MR) is 45.8 cm³/mol. The lowest BCUT2D eigenvalue weighted by molar-refractivity contribution is 0.474. The quantitative estimate of drug-likeness (QED) is 0.619. The Bertz CT molecular complexity index is 184. The summed E-state index contributed by atoms with van der Waals surface area (Å²) in [5.41, 5.74) is 0. The van der Waals surface area contributed by atoms with Crippen LogP contribution >= 0.6 is 0 Å². The first-order valence-electron chi connectivity index (χ1n) is 3.48. The Labute approximate surface area is 68.3 Å². The summed E-state index contributed by atoms with van der Waals surface area (Å²) in [5, 5.41) is 8.76. The lowest BCUT2D eigenvalue weighted by atomic mass is 10.3. The van der Waals surface area contributed by atoms with Crippen LogP contribution in [0.1, 0.15) is 13.8 Å². The van der Waals surface area contributed by atoms with Gasteiger partial charge in [-0.25, -0.2) is 0 Å². The SMILES string of the molecule is CC.[B]Oc1ccc(O)cc1. The van der Waals surface area contributed by atoms with Gasteiger partial charge in [0.25, 0.3) is 0 Å². The summed E-state index contributed by atoms with van der Waals surface area (Å²) in [6.45, 7) is 4.00. The van der Waals surface area contributed by atoms with Crippen LogP contribution in [-0.2, 0) is 0 Å². The van der Waals surface area contributed by atoms with Crippen molar-refractivity contribution in [1.82, 2.24) is 0 Å². The molecule has 0 heterocycles. The molecule has 0 saturated heterocycles. The lowest BCUT2D eigenvalue weighted by Crippen LogP contribution is -1.82. The molecule has 1 aromatic rings. The number of phenolic OH excluding ortho intramolecular Hbond substituents is 1. The molecule has 0 saturated carbocycles. The number of benzene rings is 1. The van der Waals surface area contributed by atoms with Crippen LogP contribution in [0, 0.1) is 0 Å². The average Bonchev–Trinajstić information content (AvgIpc) is 2.10. The zero-order chi connectivity index (χ0) is 8.69. The molecule has 1 aromatic carbocycles. The molecule has 58 valence electrons. The molecule has 0 fully saturated rings. The molecule has 0 amide bonds. The van der Waals surface area contributed by atoms with Gasteiger partial charge < -0.3 is 9.76 Å². The molecule has 1 N–H and O–H groups in total. The van der Waals surface area contributed by atoms with Gasteiger partial charge in [-0.3, -0.25) is 0 Å². The first-order chi connectivity index (χ1) is 5.33. The van der Waals surface area contributed by atoms with E-state index in [0.29, 0.717) is 5.75 Å². The molecule has 0 unspecified atom stereocenters. The molecule has 0 aliphatic heterocycles. The van der Waals surface area contributed by atoms with Crippen LogP contribution in [0.25, 0.3) is 0 Å². The second-order valence-electron chi connectivity index (χ2n) is 1.61. The number of rotatable bonds is 1. The molecular formula is C8H11BO2. The van der Waals surface area contributed by atoms with Gasteiger partial charge >= 0.3 is 8.05 Å². The second kappa shape index (κ2) is 5.65. The van der Waals surface area contributed by atoms with E-state index in [-0.39, 0.29) is 5.75 Å². The molecule has 2 radical (unpaired) electrons. The van der Waals surface area contributed by atoms with Crippen molar-refractivity contribution in [3.8, 4) is 11.5 Å². The van der Waals surface area contributed by atoms with E-state index in [2.05, 4.69) is 4.65 Å². The van der Waals surface area contributed by atoms with Crippen LogP contribution in [0.15, 0.2) is 24.3 Å². The Balaban J connectivity index is 0.000000461. The molecule has 0 aliphatic rings. The zero-order valence-corrected chi connectivity index (χ0v) is 6.74. The van der Waals surface area contributed by atoms with Gasteiger partial charge in [-0.2, -0.15) is 0 Å². The summed E-state index contributed by atoms with van der Waals surface area (Å²) in [5.74, 6) is 0.739. The first kappa shape index (κ1) is 9.88. The smallest absolute Gasteiger partial charge is 0.374 e. The highest BCUT2D eigenvalue weighted by Gasteiger charge is 1.87. The summed E-state index contributed by atoms with van der Waals surface area (Å²) >= 11 is 0. The van der Waals surface area contributed by atoms with Gasteiger partial charge in [-0.05, 0) is 24.3 Å². The van der Waals surface area contributed by atoms with Crippen LogP contribution in [0.3, 0.4) is 0 Å². The number of hydrogen-bond donors (Lipinski definition) is 1. The predicted octanol–water partition coefficient (Wildman–Crippen LogP) is 1.88. The second-order valence-corrected chi connectivity index (χ2v) is 1.61. The fraction of sp³-hybridized carbons (Fsp3) is 0.250. The van der Waals surface area contributed by atoms with Crippen molar-refractivity contribution in [2.75, 3.05) is 0 Å². The summed E-state index contributed by atoms with van der Waals surface area (Å²) in [6.07, 6.45) is 0. The zero-order valence-electron chi connectivity index (χ0n) is 6.74. The lowest BCUT2D eigenvalue weighted by Gasteiger charge is -1.97. The Hall–Kier alpha value is -1.12. The van der Waals surface area contributed by atoms with Crippen molar-refractivity contribution >= 4 is 8.05 Å². The maximum absolute atomic E-state index is 8.76. The van der Waals surface area contributed by atoms with Crippen molar-refractivity contribution in [3.63, 3.8) is 0 Å². The largest absolute Gasteiger partial charge is 0.568 e. The van der Waals surface area contributed by atoms with Crippen LogP contribution in [0.5, 0.6) is 11.5 Å². The standard InChI is InChI=1S/C6H5BO2.C2H6/c7-9-6-3-1-5(8)2-4-6;1-2/h1-4,8H;1-2H3. The third-order valence-electron chi connectivity index (χ3n) is 0.973. The van der Waals surface area contributed by atoms with Crippen LogP contribution in [0.2, 0.25) is 0 Å². The van der Waals surface area contributed by atoms with E-state index in [0.717, 1.165) is 0 Å². The van der Waals surface area contributed by atoms with Gasteiger partial charge in [-0.1, -0.05) is 13.8 Å². The van der Waals surface area contributed by atoms with Gasteiger partial charge in [0.1, 0.15) is 5.75 Å². The summed E-state index contributed by atoms with van der Waals surface area (Å²) in [7, 11) is 4.82. The van der Waals surface area contributed by atoms with E-state index < -0.39 is 0 Å². The molecule has 0 bridgehead atoms. The summed E-state index contributed by atoms with van der Waals surface area (Å²) < 4.78 is 4.36. The number of hydrogen-bond acceptors (Lipinski definition) is 2. The highest BCUT2D eigenvalue weighted by atomic mass is 16.4. The Morgan fingerprint density at radius 2 is 1.64 bits per heavy atom. The molecule has 0 atom stereocenters. The van der Waals surface area contributed by atoms with Crippen LogP contribution in [-0.4, -0.2) is 13.2 Å². The van der Waals surface area contributed by atoms with Gasteiger partial charge in [-0.15, -0.1) is 0 Å². The summed E-state index contributed by atoms with van der Waals surface area (Å²) in [6, 6.07) is 6.16. The molecule has 3 heteroatoms. The van der Waals surface area contributed by atoms with E-state index in [1.807, 2.05) is 13.8 Å². The van der Waals surface area contributed by atoms with E-state index in [1.165, 1.54) is 12.1 Å². The minimum Gasteiger partial charge on any atom is -0.568 e. The Morgan fingerprint density at radius 3 is 2.00 bits per heavy atom. The van der Waals surface area contributed by atoms with Crippen LogP contribution in [0.4, 0.5) is 0 Å². The topological polar surface area (TPSA) is 29.5 Å². The molecule has 0 aromatic heterocycles. The van der Waals surface area contributed by atoms with E-state index in [1.54, 1.807) is 12.1 Å². The fourth-order valence-electron chi connectivity index (χ4n) is 0.525. The van der Waals surface area contributed by atoms with Crippen LogP contribution < -0.4 is 4.65 Å². The monoisotopic (exact) mass is 150 g/mol. The van der Waals surface area contributed by atoms with Crippen molar-refractivity contribution < 1.29 is 9.76 Å².